The van der Waals surface area contributed by atoms with Crippen LogP contribution in [0.15, 0.2) is 0 Å². The quantitative estimate of drug-likeness (QED) is 0.532. The van der Waals surface area contributed by atoms with Gasteiger partial charge in [-0.3, -0.25) is 0 Å². The highest BCUT2D eigenvalue weighted by atomic mass is 16.6. The Morgan fingerprint density at radius 2 is 2.00 bits per heavy atom. The summed E-state index contributed by atoms with van der Waals surface area (Å²) in [5.74, 6) is 0. The largest absolute Gasteiger partial charge is 0.390 e. The third-order valence-corrected chi connectivity index (χ3v) is 3.85. The summed E-state index contributed by atoms with van der Waals surface area (Å²) in [5.41, 5.74) is 0.107. The van der Waals surface area contributed by atoms with Crippen molar-refractivity contribution in [3.8, 4) is 0 Å². The van der Waals surface area contributed by atoms with E-state index in [1.54, 1.807) is 0 Å². The van der Waals surface area contributed by atoms with Gasteiger partial charge in [0.1, 0.15) is 11.2 Å². The minimum absolute atomic E-state index is 0.0503. The first-order valence-corrected chi connectivity index (χ1v) is 4.67. The fourth-order valence-corrected chi connectivity index (χ4v) is 3.19. The van der Waals surface area contributed by atoms with Crippen molar-refractivity contribution >= 4 is 0 Å². The van der Waals surface area contributed by atoms with E-state index >= 15 is 0 Å². The molecule has 1 aliphatic heterocycles. The zero-order valence-electron chi connectivity index (χ0n) is 6.68. The first kappa shape index (κ1) is 6.44. The van der Waals surface area contributed by atoms with Crippen molar-refractivity contribution in [2.45, 2.75) is 55.8 Å². The number of ether oxygens (including phenoxy) is 1. The van der Waals surface area contributed by atoms with Crippen molar-refractivity contribution in [1.82, 2.24) is 0 Å². The maximum Gasteiger partial charge on any atom is 0.124 e. The van der Waals surface area contributed by atoms with Crippen molar-refractivity contribution in [1.29, 1.82) is 0 Å². The Hall–Kier alpha value is -0.0800. The van der Waals surface area contributed by atoms with Gasteiger partial charge in [0.05, 0.1) is 6.10 Å². The Labute approximate surface area is 66.5 Å². The van der Waals surface area contributed by atoms with Gasteiger partial charge in [0.2, 0.25) is 0 Å². The molecular formula is C9H14O2. The SMILES string of the molecule is OC1CCC23CCCCC12O3. The first-order valence-electron chi connectivity index (χ1n) is 4.67. The average molecular weight is 154 g/mol. The second-order valence-electron chi connectivity index (χ2n) is 4.25. The van der Waals surface area contributed by atoms with Crippen LogP contribution in [0, 0.1) is 0 Å². The molecule has 3 unspecified atom stereocenters. The maximum absolute atomic E-state index is 9.70. The van der Waals surface area contributed by atoms with E-state index in [4.69, 9.17) is 4.74 Å². The Balaban J connectivity index is 1.96. The average Bonchev–Trinajstić information content (AvgIpc) is 2.63. The van der Waals surface area contributed by atoms with Gasteiger partial charge in [0, 0.05) is 0 Å². The molecule has 0 aromatic carbocycles. The van der Waals surface area contributed by atoms with Gasteiger partial charge < -0.3 is 9.84 Å². The monoisotopic (exact) mass is 154 g/mol. The van der Waals surface area contributed by atoms with Crippen LogP contribution in [0.2, 0.25) is 0 Å². The van der Waals surface area contributed by atoms with Crippen molar-refractivity contribution < 1.29 is 9.84 Å². The van der Waals surface area contributed by atoms with Crippen molar-refractivity contribution in [3.63, 3.8) is 0 Å². The molecule has 0 spiro atoms. The third kappa shape index (κ3) is 0.541. The van der Waals surface area contributed by atoms with Gasteiger partial charge in [-0.15, -0.1) is 0 Å². The van der Waals surface area contributed by atoms with Gasteiger partial charge >= 0.3 is 0 Å². The van der Waals surface area contributed by atoms with Crippen LogP contribution in [0.4, 0.5) is 0 Å². The Morgan fingerprint density at radius 3 is 2.82 bits per heavy atom. The molecule has 2 nitrogen and oxygen atoms in total. The first-order chi connectivity index (χ1) is 5.29. The molecule has 2 heteroatoms. The van der Waals surface area contributed by atoms with E-state index < -0.39 is 0 Å². The van der Waals surface area contributed by atoms with Gasteiger partial charge in [-0.25, -0.2) is 0 Å². The number of epoxide rings is 1. The van der Waals surface area contributed by atoms with Gasteiger partial charge in [-0.1, -0.05) is 12.8 Å². The highest BCUT2D eigenvalue weighted by molar-refractivity contribution is 5.25. The second kappa shape index (κ2) is 1.64. The molecular weight excluding hydrogens is 140 g/mol. The standard InChI is InChI=1S/C9H14O2/c10-7-3-6-8-4-1-2-5-9(7,8)11-8/h7,10H,1-6H2. The minimum atomic E-state index is -0.150. The van der Waals surface area contributed by atoms with Crippen LogP contribution in [0.25, 0.3) is 0 Å². The number of rotatable bonds is 0. The van der Waals surface area contributed by atoms with Gasteiger partial charge in [-0.2, -0.15) is 0 Å². The summed E-state index contributed by atoms with van der Waals surface area (Å²) in [6.45, 7) is 0. The molecule has 3 atom stereocenters. The maximum atomic E-state index is 9.70. The van der Waals surface area contributed by atoms with E-state index in [-0.39, 0.29) is 17.3 Å². The Morgan fingerprint density at radius 1 is 1.18 bits per heavy atom. The molecule has 0 aromatic rings. The fraction of sp³-hybridized carbons (Fsp3) is 1.00. The summed E-state index contributed by atoms with van der Waals surface area (Å²) < 4.78 is 5.75. The summed E-state index contributed by atoms with van der Waals surface area (Å²) in [4.78, 5) is 0. The second-order valence-corrected chi connectivity index (χ2v) is 4.25. The van der Waals surface area contributed by atoms with Crippen molar-refractivity contribution in [3.05, 3.63) is 0 Å². The summed E-state index contributed by atoms with van der Waals surface area (Å²) in [6, 6.07) is 0. The predicted molar refractivity (Wildman–Crippen MR) is 40.3 cm³/mol. The van der Waals surface area contributed by atoms with Crippen LogP contribution in [0.5, 0.6) is 0 Å². The minimum Gasteiger partial charge on any atom is -0.390 e. The number of hydrogen-bond donors (Lipinski definition) is 1. The molecule has 0 aromatic heterocycles. The van der Waals surface area contributed by atoms with Crippen LogP contribution < -0.4 is 0 Å². The Kier molecular flexibility index (Phi) is 0.961. The zero-order chi connectivity index (χ0) is 7.53. The molecule has 0 amide bonds. The number of hydrogen-bond acceptors (Lipinski definition) is 2. The normalized spacial score (nSPS) is 60.3. The lowest BCUT2D eigenvalue weighted by Crippen LogP contribution is -2.32. The number of aliphatic hydroxyl groups excluding tert-OH is 1. The summed E-state index contributed by atoms with van der Waals surface area (Å²) in [7, 11) is 0. The molecule has 62 valence electrons. The molecule has 3 rings (SSSR count). The summed E-state index contributed by atoms with van der Waals surface area (Å²) in [5, 5.41) is 9.70. The molecule has 11 heavy (non-hydrogen) atoms. The molecule has 0 radical (unpaired) electrons. The molecule has 1 N–H and O–H groups in total. The van der Waals surface area contributed by atoms with Crippen LogP contribution in [0.1, 0.15) is 38.5 Å². The lowest BCUT2D eigenvalue weighted by molar-refractivity contribution is 0.0595. The number of aliphatic hydroxyl groups is 1. The molecule has 1 saturated heterocycles. The molecule has 2 aliphatic carbocycles. The topological polar surface area (TPSA) is 32.8 Å². The van der Waals surface area contributed by atoms with Crippen LogP contribution in [0.3, 0.4) is 0 Å². The molecule has 3 fully saturated rings. The van der Waals surface area contributed by atoms with Crippen molar-refractivity contribution in [2.75, 3.05) is 0 Å². The third-order valence-electron chi connectivity index (χ3n) is 3.85. The lowest BCUT2D eigenvalue weighted by atomic mass is 9.81. The van der Waals surface area contributed by atoms with Gasteiger partial charge in [0.15, 0.2) is 0 Å². The highest BCUT2D eigenvalue weighted by Crippen LogP contribution is 2.66. The van der Waals surface area contributed by atoms with E-state index in [1.807, 2.05) is 0 Å². The van der Waals surface area contributed by atoms with Crippen molar-refractivity contribution in [2.24, 2.45) is 0 Å². The van der Waals surface area contributed by atoms with Gasteiger partial charge in [-0.05, 0) is 25.7 Å². The zero-order valence-corrected chi connectivity index (χ0v) is 6.68. The van der Waals surface area contributed by atoms with Crippen LogP contribution in [-0.2, 0) is 4.74 Å². The lowest BCUT2D eigenvalue weighted by Gasteiger charge is -2.19. The molecule has 3 aliphatic rings. The molecule has 1 heterocycles. The predicted octanol–water partition coefficient (Wildman–Crippen LogP) is 1.22. The summed E-state index contributed by atoms with van der Waals surface area (Å²) >= 11 is 0. The fourth-order valence-electron chi connectivity index (χ4n) is 3.19. The van der Waals surface area contributed by atoms with Gasteiger partial charge in [0.25, 0.3) is 0 Å². The van der Waals surface area contributed by atoms with E-state index in [0.717, 1.165) is 19.3 Å². The highest BCUT2D eigenvalue weighted by Gasteiger charge is 2.76. The van der Waals surface area contributed by atoms with E-state index in [1.165, 1.54) is 19.3 Å². The molecule has 2 saturated carbocycles. The van der Waals surface area contributed by atoms with E-state index in [9.17, 15) is 5.11 Å². The summed E-state index contributed by atoms with van der Waals surface area (Å²) in [6.07, 6.45) is 6.78. The smallest absolute Gasteiger partial charge is 0.124 e. The van der Waals surface area contributed by atoms with Crippen LogP contribution in [-0.4, -0.2) is 22.4 Å². The van der Waals surface area contributed by atoms with E-state index in [0.29, 0.717) is 0 Å². The Bertz CT molecular complexity index is 196. The van der Waals surface area contributed by atoms with Crippen LogP contribution >= 0.6 is 0 Å². The van der Waals surface area contributed by atoms with E-state index in [2.05, 4.69) is 0 Å². The molecule has 0 bridgehead atoms.